The molecule has 2 amide bonds. The number of ether oxygens (including phenoxy) is 1. The van der Waals surface area contributed by atoms with E-state index in [4.69, 9.17) is 15.9 Å². The van der Waals surface area contributed by atoms with Gasteiger partial charge in [-0.2, -0.15) is 8.78 Å². The Labute approximate surface area is 199 Å². The zero-order valence-electron chi connectivity index (χ0n) is 19.1. The number of carboxylic acid groups (broad SMARTS) is 1. The van der Waals surface area contributed by atoms with Crippen LogP contribution in [0.2, 0.25) is 0 Å². The highest BCUT2D eigenvalue weighted by atomic mass is 19.3. The Bertz CT molecular complexity index is 732. The largest absolute Gasteiger partial charge is 0.480 e. The molecule has 0 aromatic rings. The van der Waals surface area contributed by atoms with E-state index in [1.165, 1.54) is 6.92 Å². The summed E-state index contributed by atoms with van der Waals surface area (Å²) >= 11 is 0. The molecule has 0 bridgehead atoms. The topological polar surface area (TPSA) is 244 Å². The van der Waals surface area contributed by atoms with Crippen LogP contribution in [0.1, 0.15) is 26.2 Å². The van der Waals surface area contributed by atoms with Gasteiger partial charge in [0.2, 0.25) is 11.8 Å². The Morgan fingerprint density at radius 2 is 1.80 bits per heavy atom. The number of hydrogen-bond acceptors (Lipinski definition) is 11. The fraction of sp³-hybridized carbons (Fsp3) is 0.842. The van der Waals surface area contributed by atoms with E-state index in [9.17, 15) is 43.6 Å². The van der Waals surface area contributed by atoms with Gasteiger partial charge in [-0.05, 0) is 26.3 Å². The highest BCUT2D eigenvalue weighted by molar-refractivity contribution is 5.89. The van der Waals surface area contributed by atoms with Crippen LogP contribution in [0, 0.1) is 0 Å². The summed E-state index contributed by atoms with van der Waals surface area (Å²) in [4.78, 5) is 34.1. The number of carbonyl (C=O) groups excluding carboxylic acids is 2. The van der Waals surface area contributed by atoms with Crippen molar-refractivity contribution in [1.29, 1.82) is 0 Å². The van der Waals surface area contributed by atoms with Crippen LogP contribution >= 0.6 is 0 Å². The van der Waals surface area contributed by atoms with Crippen LogP contribution in [0.25, 0.3) is 0 Å². The third-order valence-corrected chi connectivity index (χ3v) is 5.46. The first-order valence-corrected chi connectivity index (χ1v) is 10.9. The second-order valence-electron chi connectivity index (χ2n) is 8.29. The number of alkyl halides is 2. The molecule has 11 N–H and O–H groups in total. The summed E-state index contributed by atoms with van der Waals surface area (Å²) in [5.74, 6) is -10.3. The number of halogens is 2. The predicted molar refractivity (Wildman–Crippen MR) is 113 cm³/mol. The van der Waals surface area contributed by atoms with Gasteiger partial charge in [0, 0.05) is 0 Å². The van der Waals surface area contributed by atoms with E-state index in [1.807, 2.05) is 0 Å². The molecule has 1 rings (SSSR count). The lowest BCUT2D eigenvalue weighted by atomic mass is 9.88. The molecule has 0 aromatic heterocycles. The number of carboxylic acids is 1. The predicted octanol–water partition coefficient (Wildman–Crippen LogP) is -4.42. The average Bonchev–Trinajstić information content (AvgIpc) is 2.80. The van der Waals surface area contributed by atoms with Crippen molar-refractivity contribution < 1.29 is 58.5 Å². The van der Waals surface area contributed by atoms with Crippen LogP contribution in [-0.4, -0.2) is 123 Å². The number of carbonyl (C=O) groups is 3. The fourth-order valence-electron chi connectivity index (χ4n) is 3.23. The van der Waals surface area contributed by atoms with Gasteiger partial charge < -0.3 is 57.1 Å². The molecule has 14 nitrogen and oxygen atoms in total. The van der Waals surface area contributed by atoms with Crippen LogP contribution in [0.4, 0.5) is 8.78 Å². The van der Waals surface area contributed by atoms with Crippen molar-refractivity contribution in [1.82, 2.24) is 16.0 Å². The lowest BCUT2D eigenvalue weighted by Crippen LogP contribution is -2.72. The lowest BCUT2D eigenvalue weighted by molar-refractivity contribution is -0.409. The average molecular weight is 516 g/mol. The van der Waals surface area contributed by atoms with Gasteiger partial charge in [-0.25, -0.2) is 0 Å². The SMILES string of the molecule is C[C@H](NC(=O)CNC(=O)[C@@H](N)CCCCNCC(F)(F)C1(O)O[C@H](CO)[C@H](O)[C@H](O)[C@H]1O)C(=O)O. The van der Waals surface area contributed by atoms with Gasteiger partial charge in [0.1, 0.15) is 30.5 Å². The standard InChI is InChI=1S/C19H34F2N4O10/c1-9(17(32)33)25-12(27)6-24-16(31)10(22)4-2-3-5-23-8-18(20,21)19(34)15(30)14(29)13(28)11(7-26)35-19/h9-11,13-15,23,26,28-30,34H,2-8,22H2,1H3,(H,24,31)(H,25,27)(H,32,33)/t9-,10-,11+,13-,14-,15+,19?/m0/s1. The van der Waals surface area contributed by atoms with Crippen LogP contribution in [0.5, 0.6) is 0 Å². The molecular formula is C19H34F2N4O10. The van der Waals surface area contributed by atoms with E-state index in [2.05, 4.69) is 20.7 Å². The number of aliphatic carboxylic acids is 1. The van der Waals surface area contributed by atoms with E-state index in [0.717, 1.165) is 0 Å². The molecule has 1 saturated heterocycles. The number of amides is 2. The molecule has 1 aliphatic rings. The van der Waals surface area contributed by atoms with E-state index >= 15 is 0 Å². The monoisotopic (exact) mass is 516 g/mol. The summed E-state index contributed by atoms with van der Waals surface area (Å²) in [5, 5.41) is 63.9. The Morgan fingerprint density at radius 1 is 1.17 bits per heavy atom. The molecule has 1 unspecified atom stereocenters. The maximum atomic E-state index is 14.6. The fourth-order valence-corrected chi connectivity index (χ4v) is 3.23. The van der Waals surface area contributed by atoms with Crippen molar-refractivity contribution in [2.45, 2.75) is 74.4 Å². The molecule has 35 heavy (non-hydrogen) atoms. The zero-order chi connectivity index (χ0) is 27.0. The van der Waals surface area contributed by atoms with E-state index < -0.39 is 85.7 Å². The third-order valence-electron chi connectivity index (χ3n) is 5.46. The normalized spacial score (nSPS) is 28.7. The number of aliphatic hydroxyl groups excluding tert-OH is 4. The van der Waals surface area contributed by atoms with Crippen LogP contribution < -0.4 is 21.7 Å². The maximum absolute atomic E-state index is 14.6. The first-order valence-electron chi connectivity index (χ1n) is 10.9. The second-order valence-corrected chi connectivity index (χ2v) is 8.29. The van der Waals surface area contributed by atoms with E-state index in [-0.39, 0.29) is 19.4 Å². The van der Waals surface area contributed by atoms with Crippen molar-refractivity contribution in [2.75, 3.05) is 26.2 Å². The maximum Gasteiger partial charge on any atom is 0.325 e. The zero-order valence-corrected chi connectivity index (χ0v) is 19.1. The molecular weight excluding hydrogens is 482 g/mol. The van der Waals surface area contributed by atoms with Crippen molar-refractivity contribution in [3.05, 3.63) is 0 Å². The Balaban J connectivity index is 2.38. The van der Waals surface area contributed by atoms with Crippen molar-refractivity contribution in [3.63, 3.8) is 0 Å². The molecule has 0 spiro atoms. The van der Waals surface area contributed by atoms with Crippen molar-refractivity contribution in [2.24, 2.45) is 5.73 Å². The molecule has 7 atom stereocenters. The molecule has 1 heterocycles. The van der Waals surface area contributed by atoms with Crippen molar-refractivity contribution in [3.8, 4) is 0 Å². The highest BCUT2D eigenvalue weighted by Crippen LogP contribution is 2.39. The number of hydrogen-bond donors (Lipinski definition) is 10. The molecule has 16 heteroatoms. The summed E-state index contributed by atoms with van der Waals surface area (Å²) < 4.78 is 33.7. The van der Waals surface area contributed by atoms with Crippen molar-refractivity contribution >= 4 is 17.8 Å². The summed E-state index contributed by atoms with van der Waals surface area (Å²) in [5.41, 5.74) is 5.70. The molecule has 1 fully saturated rings. The first-order chi connectivity index (χ1) is 16.2. The van der Waals surface area contributed by atoms with Gasteiger partial charge in [0.05, 0.1) is 25.7 Å². The van der Waals surface area contributed by atoms with E-state index in [0.29, 0.717) is 6.42 Å². The minimum absolute atomic E-state index is 0.0137. The molecule has 0 saturated carbocycles. The summed E-state index contributed by atoms with van der Waals surface area (Å²) in [7, 11) is 0. The summed E-state index contributed by atoms with van der Waals surface area (Å²) in [6.45, 7) is -1.41. The Morgan fingerprint density at radius 3 is 2.37 bits per heavy atom. The Hall–Kier alpha value is -2.05. The number of nitrogens with two attached hydrogens (primary N) is 1. The Kier molecular flexibility index (Phi) is 11.8. The van der Waals surface area contributed by atoms with Gasteiger partial charge in [-0.1, -0.05) is 6.42 Å². The van der Waals surface area contributed by atoms with Gasteiger partial charge in [0.25, 0.3) is 5.79 Å². The van der Waals surface area contributed by atoms with Gasteiger partial charge in [-0.15, -0.1) is 0 Å². The first kappa shape index (κ1) is 31.0. The highest BCUT2D eigenvalue weighted by Gasteiger charge is 2.65. The minimum atomic E-state index is -4.13. The third kappa shape index (κ3) is 8.25. The molecule has 0 radical (unpaired) electrons. The molecule has 0 aromatic carbocycles. The summed E-state index contributed by atoms with van der Waals surface area (Å²) in [6, 6.07) is -2.13. The molecule has 1 aliphatic heterocycles. The van der Waals surface area contributed by atoms with Crippen LogP contribution in [0.3, 0.4) is 0 Å². The number of rotatable bonds is 14. The molecule has 204 valence electrons. The van der Waals surface area contributed by atoms with Crippen LogP contribution in [-0.2, 0) is 19.1 Å². The van der Waals surface area contributed by atoms with Crippen LogP contribution in [0.15, 0.2) is 0 Å². The van der Waals surface area contributed by atoms with Gasteiger partial charge >= 0.3 is 11.9 Å². The second kappa shape index (κ2) is 13.3. The lowest BCUT2D eigenvalue weighted by Gasteiger charge is -2.48. The molecule has 0 aliphatic carbocycles. The quantitative estimate of drug-likeness (QED) is 0.0983. The van der Waals surface area contributed by atoms with E-state index in [1.54, 1.807) is 0 Å². The van der Waals surface area contributed by atoms with Gasteiger partial charge in [-0.3, -0.25) is 14.4 Å². The minimum Gasteiger partial charge on any atom is -0.480 e. The van der Waals surface area contributed by atoms with Gasteiger partial charge in [0.15, 0.2) is 0 Å². The smallest absolute Gasteiger partial charge is 0.325 e. The number of unbranched alkanes of at least 4 members (excludes halogenated alkanes) is 1. The number of aliphatic hydroxyl groups is 5. The number of nitrogens with one attached hydrogen (secondary N) is 3. The summed E-state index contributed by atoms with van der Waals surface area (Å²) in [6.07, 6.45) is -7.64.